The SMILES string of the molecule is Cc1nc2c3nc4nc(nc5[n-]c(nc6nc(nc([n-]3)c2nc1C(F)(F)F)-c1nc(C(F)(F)F)c(C(F)(F)F)nc1-6)c1nc(C(F)(F)F)c(C(F)(F)F)nc51)-c1nc(C(F)(F)F)c(C(F)(F)F)nc1-4.[Co+2]. The van der Waals surface area contributed by atoms with E-state index in [1.807, 2.05) is 0 Å². The van der Waals surface area contributed by atoms with E-state index < -0.39 is 180 Å². The molecule has 1 radical (unpaired) electrons. The molecule has 0 amide bonds. The predicted octanol–water partition coefficient (Wildman–Crippen LogP) is 8.72. The maximum absolute atomic E-state index is 14.2. The van der Waals surface area contributed by atoms with Gasteiger partial charge in [0.05, 0.1) is 5.69 Å². The van der Waals surface area contributed by atoms with Crippen molar-refractivity contribution in [3.63, 3.8) is 0 Å². The van der Waals surface area contributed by atoms with Gasteiger partial charge >= 0.3 is 60.0 Å². The van der Waals surface area contributed by atoms with Crippen molar-refractivity contribution >= 4 is 44.7 Å². The topological polar surface area (TPSA) is 209 Å². The van der Waals surface area contributed by atoms with E-state index in [0.717, 1.165) is 0 Å². The number of alkyl halides is 21. The summed E-state index contributed by atoms with van der Waals surface area (Å²) in [6.45, 7) is 0.674. The van der Waals surface area contributed by atoms with Gasteiger partial charge in [0.2, 0.25) is 0 Å². The molecule has 367 valence electrons. The van der Waals surface area contributed by atoms with E-state index in [-0.39, 0.29) is 16.8 Å². The first-order valence-corrected chi connectivity index (χ1v) is 17.4. The zero-order valence-electron chi connectivity index (χ0n) is 31.9. The number of rotatable bonds is 0. The number of hydrogen-bond donors (Lipinski definition) is 0. The van der Waals surface area contributed by atoms with Gasteiger partial charge in [0.15, 0.2) is 39.9 Å². The molecule has 8 bridgehead atoms. The fourth-order valence-corrected chi connectivity index (χ4v) is 6.38. The van der Waals surface area contributed by atoms with Gasteiger partial charge in [-0.15, -0.1) is 0 Å². The molecule has 0 N–H and O–H groups in total. The Morgan fingerprint density at radius 3 is 0.686 bits per heavy atom. The van der Waals surface area contributed by atoms with Gasteiger partial charge in [-0.25, -0.2) is 49.8 Å². The van der Waals surface area contributed by atoms with Gasteiger partial charge in [-0.1, -0.05) is 0 Å². The Bertz CT molecular complexity index is 3530. The van der Waals surface area contributed by atoms with Crippen LogP contribution in [0.5, 0.6) is 0 Å². The summed E-state index contributed by atoms with van der Waals surface area (Å²) in [5.74, 6) is -5.81. The Morgan fingerprint density at radius 1 is 0.257 bits per heavy atom. The minimum atomic E-state index is -6.10. The molecule has 70 heavy (non-hydrogen) atoms. The summed E-state index contributed by atoms with van der Waals surface area (Å²) in [5.41, 5.74) is -36.8. The molecule has 9 rings (SSSR count). The van der Waals surface area contributed by atoms with E-state index >= 15 is 0 Å². The summed E-state index contributed by atoms with van der Waals surface area (Å²) in [4.78, 5) is 53.3. The average molecular weight is 1070 g/mol. The van der Waals surface area contributed by atoms with Crippen molar-refractivity contribution < 1.29 is 109 Å². The maximum Gasteiger partial charge on any atom is 2.00 e. The fourth-order valence-electron chi connectivity index (χ4n) is 6.38. The smallest absolute Gasteiger partial charge is 0.354 e. The van der Waals surface area contributed by atoms with Crippen LogP contribution in [0.3, 0.4) is 0 Å². The molecule has 0 spiro atoms. The quantitative estimate of drug-likeness (QED) is 0.130. The number of hydrogen-bond acceptors (Lipinski definition) is 14. The normalized spacial score (nSPS) is 13.7. The van der Waals surface area contributed by atoms with Crippen molar-refractivity contribution in [2.24, 2.45) is 0 Å². The first-order valence-electron chi connectivity index (χ1n) is 17.4. The number of halogens is 21. The average Bonchev–Trinajstić information content (AvgIpc) is 3.91. The molecule has 0 saturated carbocycles. The third kappa shape index (κ3) is 8.18. The van der Waals surface area contributed by atoms with Gasteiger partial charge < -0.3 is 29.9 Å². The van der Waals surface area contributed by atoms with Crippen LogP contribution in [-0.4, -0.2) is 69.8 Å². The van der Waals surface area contributed by atoms with Crippen molar-refractivity contribution in [3.8, 4) is 46.1 Å². The second kappa shape index (κ2) is 15.1. The van der Waals surface area contributed by atoms with E-state index in [2.05, 4.69) is 79.7 Å². The van der Waals surface area contributed by atoms with Gasteiger partial charge in [-0.3, -0.25) is 0 Å². The number of nitrogens with zero attached hydrogens (tertiary/aromatic N) is 16. The van der Waals surface area contributed by atoms with E-state index in [9.17, 15) is 92.2 Å². The molecule has 0 atom stereocenters. The number of aryl methyl sites for hydroxylation is 1. The van der Waals surface area contributed by atoms with Gasteiger partial charge in [0, 0.05) is 22.6 Å². The van der Waals surface area contributed by atoms with Crippen molar-refractivity contribution in [1.29, 1.82) is 0 Å². The molecule has 0 aromatic carbocycles. The Labute approximate surface area is 375 Å². The second-order valence-corrected chi connectivity index (χ2v) is 13.7. The van der Waals surface area contributed by atoms with E-state index in [1.165, 1.54) is 0 Å². The van der Waals surface area contributed by atoms with E-state index in [0.29, 0.717) is 6.92 Å². The van der Waals surface area contributed by atoms with Crippen molar-refractivity contribution in [3.05, 3.63) is 45.6 Å². The summed E-state index contributed by atoms with van der Waals surface area (Å²) in [5, 5.41) is 0. The summed E-state index contributed by atoms with van der Waals surface area (Å²) >= 11 is 0. The summed E-state index contributed by atoms with van der Waals surface area (Å²) < 4.78 is 297. The molecular weight excluding hydrogens is 1070 g/mol. The van der Waals surface area contributed by atoms with Crippen LogP contribution < -0.4 is 9.97 Å². The van der Waals surface area contributed by atoms with Gasteiger partial charge in [-0.2, -0.15) is 92.2 Å². The molecule has 0 aliphatic carbocycles. The molecular formula is C32H3CoF21N16. The van der Waals surface area contributed by atoms with Gasteiger partial charge in [-0.05, 0) is 6.92 Å². The van der Waals surface area contributed by atoms with Crippen LogP contribution in [-0.2, 0) is 60.0 Å². The summed E-state index contributed by atoms with van der Waals surface area (Å²) in [6, 6.07) is 0. The monoisotopic (exact) mass is 1070 g/mol. The van der Waals surface area contributed by atoms with Crippen LogP contribution in [0.1, 0.15) is 45.6 Å². The second-order valence-electron chi connectivity index (χ2n) is 13.7. The zero-order valence-corrected chi connectivity index (χ0v) is 33.0. The first kappa shape index (κ1) is 49.1. The molecule has 0 fully saturated rings. The Morgan fingerprint density at radius 2 is 0.457 bits per heavy atom. The van der Waals surface area contributed by atoms with Crippen LogP contribution in [0.25, 0.3) is 90.7 Å². The van der Waals surface area contributed by atoms with Crippen LogP contribution in [0, 0.1) is 6.92 Å². The van der Waals surface area contributed by atoms with E-state index in [1.54, 1.807) is 0 Å². The van der Waals surface area contributed by atoms with Crippen LogP contribution >= 0.6 is 0 Å². The third-order valence-corrected chi connectivity index (χ3v) is 9.03. The zero-order chi connectivity index (χ0) is 50.7. The van der Waals surface area contributed by atoms with Crippen LogP contribution in [0.4, 0.5) is 92.2 Å². The molecule has 2 aliphatic rings. The first-order chi connectivity index (χ1) is 31.5. The molecule has 7 aromatic heterocycles. The third-order valence-electron chi connectivity index (χ3n) is 9.03. The van der Waals surface area contributed by atoms with Crippen molar-refractivity contribution in [1.82, 2.24) is 79.7 Å². The van der Waals surface area contributed by atoms with Crippen molar-refractivity contribution in [2.45, 2.75) is 50.2 Å². The summed E-state index contributed by atoms with van der Waals surface area (Å²) in [6.07, 6.45) is -41.8. The minimum absolute atomic E-state index is 0. The molecule has 9 heterocycles. The molecule has 16 nitrogen and oxygen atoms in total. The van der Waals surface area contributed by atoms with Crippen LogP contribution in [0.15, 0.2) is 0 Å². The molecule has 2 aliphatic heterocycles. The molecule has 0 saturated heterocycles. The number of aromatic nitrogens is 16. The fraction of sp³-hybridized carbons (Fsp3) is 0.250. The Hall–Kier alpha value is -7.28. The van der Waals surface area contributed by atoms with Gasteiger partial charge in [0.1, 0.15) is 68.1 Å². The molecule has 7 aromatic rings. The van der Waals surface area contributed by atoms with Crippen molar-refractivity contribution in [2.75, 3.05) is 0 Å². The Balaban J connectivity index is 0.00000659. The molecule has 0 unspecified atom stereocenters. The minimum Gasteiger partial charge on any atom is -0.354 e. The summed E-state index contributed by atoms with van der Waals surface area (Å²) in [7, 11) is 0. The largest absolute Gasteiger partial charge is 2.00 e. The number of fused-ring (bicyclic) bond motifs is 20. The predicted molar refractivity (Wildman–Crippen MR) is 176 cm³/mol. The Kier molecular flexibility index (Phi) is 10.6. The van der Waals surface area contributed by atoms with Gasteiger partial charge in [0.25, 0.3) is 0 Å². The van der Waals surface area contributed by atoms with Crippen LogP contribution in [0.2, 0.25) is 0 Å². The van der Waals surface area contributed by atoms with E-state index in [4.69, 9.17) is 0 Å². The standard InChI is InChI=1S/C32H3F21N16.Co/c1-2-11(26(33,34)35)55-4-3(54-2)18-62-19(4)64-21-7-8(59-15(30(45,46)47)14(58-7)29(42,43)44)23(66-21)68-25-10-9(60-16(31(48,49)50)17(61-10)32(51,52)53)24(69-25)67-22-6-5(20(63-18)65-22)56-12(27(36,37)38)13(57-6)28(39,40)41;/h1H3;/q-2;+2. The maximum atomic E-state index is 14.2. The molecule has 38 heteroatoms.